The van der Waals surface area contributed by atoms with Crippen LogP contribution in [0.25, 0.3) is 10.8 Å². The van der Waals surface area contributed by atoms with Crippen molar-refractivity contribution in [2.75, 3.05) is 0 Å². The predicted octanol–water partition coefficient (Wildman–Crippen LogP) is 5.02. The SMILES string of the molecule is Oc1cc(N=Cc2cccc(C(F)(F)F)c2)c(O)c2ccccc12. The van der Waals surface area contributed by atoms with Crippen LogP contribution in [-0.2, 0) is 6.18 Å². The first-order valence-corrected chi connectivity index (χ1v) is 7.01. The highest BCUT2D eigenvalue weighted by molar-refractivity contribution is 5.98. The van der Waals surface area contributed by atoms with Crippen LogP contribution in [0.15, 0.2) is 59.6 Å². The number of hydrogen-bond acceptors (Lipinski definition) is 3. The summed E-state index contributed by atoms with van der Waals surface area (Å²) >= 11 is 0. The van der Waals surface area contributed by atoms with Crippen molar-refractivity contribution in [3.8, 4) is 11.5 Å². The summed E-state index contributed by atoms with van der Waals surface area (Å²) in [6.07, 6.45) is -3.23. The van der Waals surface area contributed by atoms with Crippen molar-refractivity contribution >= 4 is 22.7 Å². The van der Waals surface area contributed by atoms with E-state index in [9.17, 15) is 23.4 Å². The van der Waals surface area contributed by atoms with Crippen LogP contribution in [0.5, 0.6) is 11.5 Å². The molecule has 0 radical (unpaired) electrons. The molecule has 0 heterocycles. The highest BCUT2D eigenvalue weighted by Crippen LogP contribution is 2.40. The van der Waals surface area contributed by atoms with E-state index in [1.807, 2.05) is 0 Å². The molecule has 0 unspecified atom stereocenters. The molecule has 0 aromatic heterocycles. The third-order valence-electron chi connectivity index (χ3n) is 3.54. The minimum atomic E-state index is -4.44. The van der Waals surface area contributed by atoms with E-state index in [-0.39, 0.29) is 22.7 Å². The van der Waals surface area contributed by atoms with E-state index in [0.29, 0.717) is 10.8 Å². The van der Waals surface area contributed by atoms with Crippen LogP contribution in [0.2, 0.25) is 0 Å². The summed E-state index contributed by atoms with van der Waals surface area (Å²) < 4.78 is 38.1. The van der Waals surface area contributed by atoms with Gasteiger partial charge in [-0.25, -0.2) is 0 Å². The van der Waals surface area contributed by atoms with E-state index < -0.39 is 11.7 Å². The Labute approximate surface area is 135 Å². The van der Waals surface area contributed by atoms with Gasteiger partial charge in [0.1, 0.15) is 17.2 Å². The van der Waals surface area contributed by atoms with E-state index in [0.717, 1.165) is 12.1 Å². The number of aliphatic imine (C=N–C) groups is 1. The summed E-state index contributed by atoms with van der Waals surface area (Å²) in [7, 11) is 0. The number of nitrogens with zero attached hydrogens (tertiary/aromatic N) is 1. The van der Waals surface area contributed by atoms with Crippen molar-refractivity contribution in [2.24, 2.45) is 4.99 Å². The van der Waals surface area contributed by atoms with E-state index in [1.54, 1.807) is 24.3 Å². The summed E-state index contributed by atoms with van der Waals surface area (Å²) in [4.78, 5) is 4.01. The fourth-order valence-electron chi connectivity index (χ4n) is 2.36. The van der Waals surface area contributed by atoms with Crippen molar-refractivity contribution in [1.29, 1.82) is 0 Å². The summed E-state index contributed by atoms with van der Waals surface area (Å²) in [5.41, 5.74) is -0.475. The molecular formula is C18H12F3NO2. The van der Waals surface area contributed by atoms with Gasteiger partial charge in [0.2, 0.25) is 0 Å². The van der Waals surface area contributed by atoms with Crippen molar-refractivity contribution in [3.05, 3.63) is 65.7 Å². The predicted molar refractivity (Wildman–Crippen MR) is 86.0 cm³/mol. The van der Waals surface area contributed by atoms with Gasteiger partial charge < -0.3 is 10.2 Å². The maximum atomic E-state index is 12.7. The molecule has 122 valence electrons. The van der Waals surface area contributed by atoms with Crippen LogP contribution >= 0.6 is 0 Å². The third-order valence-corrected chi connectivity index (χ3v) is 3.54. The fraction of sp³-hybridized carbons (Fsp3) is 0.0556. The van der Waals surface area contributed by atoms with E-state index in [1.165, 1.54) is 24.4 Å². The monoisotopic (exact) mass is 331 g/mol. The van der Waals surface area contributed by atoms with Gasteiger partial charge in [-0.3, -0.25) is 4.99 Å². The van der Waals surface area contributed by atoms with Gasteiger partial charge in [0.05, 0.1) is 5.56 Å². The van der Waals surface area contributed by atoms with E-state index in [4.69, 9.17) is 0 Å². The average Bonchev–Trinajstić information content (AvgIpc) is 2.56. The lowest BCUT2D eigenvalue weighted by atomic mass is 10.1. The lowest BCUT2D eigenvalue weighted by Gasteiger charge is -2.07. The molecular weight excluding hydrogens is 319 g/mol. The lowest BCUT2D eigenvalue weighted by molar-refractivity contribution is -0.137. The molecule has 0 amide bonds. The zero-order chi connectivity index (χ0) is 17.3. The maximum Gasteiger partial charge on any atom is 0.416 e. The first kappa shape index (κ1) is 15.9. The summed E-state index contributed by atoms with van der Waals surface area (Å²) in [5, 5.41) is 21.1. The largest absolute Gasteiger partial charge is 0.507 e. The molecule has 3 aromatic carbocycles. The van der Waals surface area contributed by atoms with Crippen LogP contribution in [0.3, 0.4) is 0 Å². The molecule has 6 heteroatoms. The van der Waals surface area contributed by atoms with Crippen molar-refractivity contribution in [1.82, 2.24) is 0 Å². The molecule has 0 bridgehead atoms. The second-order valence-corrected chi connectivity index (χ2v) is 5.19. The molecule has 0 atom stereocenters. The number of rotatable bonds is 2. The second-order valence-electron chi connectivity index (χ2n) is 5.19. The number of aromatic hydroxyl groups is 2. The Balaban J connectivity index is 2.01. The van der Waals surface area contributed by atoms with E-state index in [2.05, 4.69) is 4.99 Å². The molecule has 3 nitrogen and oxygen atoms in total. The highest BCUT2D eigenvalue weighted by atomic mass is 19.4. The van der Waals surface area contributed by atoms with Crippen molar-refractivity contribution in [2.45, 2.75) is 6.18 Å². The fourth-order valence-corrected chi connectivity index (χ4v) is 2.36. The first-order chi connectivity index (χ1) is 11.4. The summed E-state index contributed by atoms with van der Waals surface area (Å²) in [6, 6.07) is 12.6. The first-order valence-electron chi connectivity index (χ1n) is 7.01. The van der Waals surface area contributed by atoms with Gasteiger partial charge in [-0.1, -0.05) is 36.4 Å². The lowest BCUT2D eigenvalue weighted by Crippen LogP contribution is -2.04. The molecule has 0 aliphatic carbocycles. The standard InChI is InChI=1S/C18H12F3NO2/c19-18(20,21)12-5-3-4-11(8-12)10-22-15-9-16(23)13-6-1-2-7-14(13)17(15)24/h1-10,23-24H. The summed E-state index contributed by atoms with van der Waals surface area (Å²) in [5.74, 6) is -0.216. The number of fused-ring (bicyclic) bond motifs is 1. The highest BCUT2D eigenvalue weighted by Gasteiger charge is 2.30. The topological polar surface area (TPSA) is 52.8 Å². The Morgan fingerprint density at radius 1 is 0.875 bits per heavy atom. The van der Waals surface area contributed by atoms with Crippen LogP contribution in [-0.4, -0.2) is 16.4 Å². The molecule has 0 spiro atoms. The normalized spacial score (nSPS) is 12.1. The van der Waals surface area contributed by atoms with Gasteiger partial charge in [0.15, 0.2) is 0 Å². The van der Waals surface area contributed by atoms with Gasteiger partial charge in [0.25, 0.3) is 0 Å². The van der Waals surface area contributed by atoms with Crippen molar-refractivity contribution < 1.29 is 23.4 Å². The van der Waals surface area contributed by atoms with Crippen molar-refractivity contribution in [3.63, 3.8) is 0 Å². The molecule has 0 aliphatic rings. The maximum absolute atomic E-state index is 12.7. The van der Waals surface area contributed by atoms with Gasteiger partial charge in [-0.05, 0) is 17.7 Å². The Kier molecular flexibility index (Phi) is 3.89. The molecule has 24 heavy (non-hydrogen) atoms. The number of benzene rings is 3. The average molecular weight is 331 g/mol. The molecule has 0 aliphatic heterocycles. The Morgan fingerprint density at radius 2 is 1.58 bits per heavy atom. The molecule has 3 aromatic rings. The third kappa shape index (κ3) is 3.03. The number of phenols is 2. The molecule has 0 saturated carbocycles. The number of halogens is 3. The van der Waals surface area contributed by atoms with Crippen LogP contribution < -0.4 is 0 Å². The smallest absolute Gasteiger partial charge is 0.416 e. The van der Waals surface area contributed by atoms with Gasteiger partial charge in [-0.2, -0.15) is 13.2 Å². The second kappa shape index (κ2) is 5.88. The number of hydrogen-bond donors (Lipinski definition) is 2. The minimum Gasteiger partial charge on any atom is -0.507 e. The minimum absolute atomic E-state index is 0.0698. The number of alkyl halides is 3. The van der Waals surface area contributed by atoms with E-state index >= 15 is 0 Å². The molecule has 3 rings (SSSR count). The Hall–Kier alpha value is -3.02. The van der Waals surface area contributed by atoms with Gasteiger partial charge >= 0.3 is 6.18 Å². The molecule has 0 saturated heterocycles. The molecule has 0 fully saturated rings. The zero-order valence-corrected chi connectivity index (χ0v) is 12.2. The Morgan fingerprint density at radius 3 is 2.29 bits per heavy atom. The Bertz CT molecular complexity index is 933. The van der Waals surface area contributed by atoms with Crippen LogP contribution in [0.4, 0.5) is 18.9 Å². The van der Waals surface area contributed by atoms with Gasteiger partial charge in [-0.15, -0.1) is 0 Å². The number of phenolic OH excluding ortho intramolecular Hbond substituents is 2. The zero-order valence-electron chi connectivity index (χ0n) is 12.2. The van der Waals surface area contributed by atoms with Crippen LogP contribution in [0.1, 0.15) is 11.1 Å². The quantitative estimate of drug-likeness (QED) is 0.512. The summed E-state index contributed by atoms with van der Waals surface area (Å²) in [6.45, 7) is 0. The van der Waals surface area contributed by atoms with Gasteiger partial charge in [0, 0.05) is 23.1 Å². The van der Waals surface area contributed by atoms with Crippen LogP contribution in [0, 0.1) is 0 Å². The molecule has 2 N–H and O–H groups in total.